The summed E-state index contributed by atoms with van der Waals surface area (Å²) >= 11 is 0. The van der Waals surface area contributed by atoms with Crippen LogP contribution in [0.2, 0.25) is 0 Å². The number of halogens is 1. The van der Waals surface area contributed by atoms with Gasteiger partial charge in [0.15, 0.2) is 0 Å². The first kappa shape index (κ1) is 50.9. The molecule has 0 saturated carbocycles. The van der Waals surface area contributed by atoms with Crippen molar-refractivity contribution in [1.82, 2.24) is 0 Å². The molecule has 0 spiro atoms. The van der Waals surface area contributed by atoms with Crippen LogP contribution in [0.15, 0.2) is 24.3 Å². The fourth-order valence-corrected chi connectivity index (χ4v) is 9.06. The summed E-state index contributed by atoms with van der Waals surface area (Å²) in [6.45, 7) is 12.8. The summed E-state index contributed by atoms with van der Waals surface area (Å²) in [6, 6.07) is 0. The zero-order valence-corrected chi connectivity index (χ0v) is 37.1. The van der Waals surface area contributed by atoms with Gasteiger partial charge in [-0.1, -0.05) is 154 Å². The van der Waals surface area contributed by atoms with Crippen LogP contribution in [-0.4, -0.2) is 45.5 Å². The first-order valence-electron chi connectivity index (χ1n) is 20.8. The SMILES string of the molecule is CCCCCCCC/C=C\CCCCCCCCOP(=O)(CCC[P+](C)(C)C)OCCCCCCCC/C=C\CCCCCCCC.[I-]. The molecule has 0 atom stereocenters. The van der Waals surface area contributed by atoms with Crippen molar-refractivity contribution in [2.45, 2.75) is 200 Å². The molecule has 0 aromatic carbocycles. The minimum absolute atomic E-state index is 0. The van der Waals surface area contributed by atoms with Crippen LogP contribution in [0.5, 0.6) is 0 Å². The minimum Gasteiger partial charge on any atom is -1.00 e. The van der Waals surface area contributed by atoms with Gasteiger partial charge in [-0.25, -0.2) is 0 Å². The Morgan fingerprint density at radius 2 is 0.729 bits per heavy atom. The maximum Gasteiger partial charge on any atom is 0.330 e. The molecule has 48 heavy (non-hydrogen) atoms. The normalized spacial score (nSPS) is 12.4. The summed E-state index contributed by atoms with van der Waals surface area (Å²) in [5.41, 5.74) is 0. The van der Waals surface area contributed by atoms with Gasteiger partial charge < -0.3 is 33.0 Å². The highest BCUT2D eigenvalue weighted by Crippen LogP contribution is 2.52. The van der Waals surface area contributed by atoms with E-state index in [4.69, 9.17) is 9.05 Å². The molecule has 0 bridgehead atoms. The van der Waals surface area contributed by atoms with Gasteiger partial charge in [-0.2, -0.15) is 0 Å². The monoisotopic (exact) mass is 827 g/mol. The third kappa shape index (κ3) is 41.2. The zero-order valence-electron chi connectivity index (χ0n) is 33.1. The van der Waals surface area contributed by atoms with Crippen molar-refractivity contribution in [2.24, 2.45) is 0 Å². The number of hydrogen-bond donors (Lipinski definition) is 0. The molecule has 288 valence electrons. The smallest absolute Gasteiger partial charge is 0.330 e. The third-order valence-corrected chi connectivity index (χ3v) is 12.8. The summed E-state index contributed by atoms with van der Waals surface area (Å²) in [5.74, 6) is 0. The summed E-state index contributed by atoms with van der Waals surface area (Å²) < 4.78 is 25.6. The first-order chi connectivity index (χ1) is 22.8. The van der Waals surface area contributed by atoms with Gasteiger partial charge in [0.2, 0.25) is 0 Å². The van der Waals surface area contributed by atoms with E-state index in [0.717, 1.165) is 38.3 Å². The molecule has 0 aromatic heterocycles. The number of rotatable bonds is 38. The van der Waals surface area contributed by atoms with E-state index in [9.17, 15) is 4.57 Å². The molecule has 0 amide bonds. The lowest BCUT2D eigenvalue weighted by molar-refractivity contribution is -0.0000152. The number of hydrogen-bond acceptors (Lipinski definition) is 3. The summed E-state index contributed by atoms with van der Waals surface area (Å²) in [7, 11) is -3.86. The number of allylic oxidation sites excluding steroid dienone is 4. The lowest BCUT2D eigenvalue weighted by Crippen LogP contribution is -3.00. The Labute approximate surface area is 320 Å². The van der Waals surface area contributed by atoms with E-state index in [2.05, 4.69) is 58.1 Å². The molecule has 0 heterocycles. The Morgan fingerprint density at radius 1 is 0.438 bits per heavy atom. The Kier molecular flexibility index (Phi) is 41.4. The van der Waals surface area contributed by atoms with Crippen LogP contribution < -0.4 is 24.0 Å². The molecule has 6 heteroatoms. The molecule has 0 aliphatic heterocycles. The van der Waals surface area contributed by atoms with Crippen LogP contribution >= 0.6 is 14.9 Å². The van der Waals surface area contributed by atoms with E-state index in [1.54, 1.807) is 0 Å². The molecule has 0 aromatic rings. The second-order valence-corrected chi connectivity index (χ2v) is 22.5. The quantitative estimate of drug-likeness (QED) is 0.0269. The first-order valence-corrected chi connectivity index (χ1v) is 25.9. The molecule has 0 saturated heterocycles. The second kappa shape index (κ2) is 39.0. The van der Waals surface area contributed by atoms with E-state index in [-0.39, 0.29) is 24.0 Å². The Hall–Kier alpha value is 0.790. The third-order valence-electron chi connectivity index (χ3n) is 9.15. The van der Waals surface area contributed by atoms with E-state index < -0.39 is 14.9 Å². The van der Waals surface area contributed by atoms with Gasteiger partial charge in [0.1, 0.15) is 0 Å². The molecular weight excluding hydrogens is 741 g/mol. The predicted octanol–water partition coefficient (Wildman–Crippen LogP) is 12.6. The van der Waals surface area contributed by atoms with Crippen LogP contribution in [-0.2, 0) is 13.6 Å². The molecule has 0 aliphatic carbocycles. The summed E-state index contributed by atoms with van der Waals surface area (Å²) in [6.07, 6.45) is 48.5. The molecule has 3 nitrogen and oxygen atoms in total. The fourth-order valence-electron chi connectivity index (χ4n) is 6.01. The molecule has 0 radical (unpaired) electrons. The van der Waals surface area contributed by atoms with Gasteiger partial charge in [-0.05, 0) is 70.6 Å². The van der Waals surface area contributed by atoms with Gasteiger partial charge in [-0.15, -0.1) is 0 Å². The molecule has 0 rings (SSSR count). The maximum absolute atomic E-state index is 13.6. The Balaban J connectivity index is 0. The molecule has 0 N–H and O–H groups in total. The maximum atomic E-state index is 13.6. The fraction of sp³-hybridized carbons (Fsp3) is 0.905. The van der Waals surface area contributed by atoms with Crippen molar-refractivity contribution < 1.29 is 37.6 Å². The van der Waals surface area contributed by atoms with Crippen LogP contribution in [0.3, 0.4) is 0 Å². The van der Waals surface area contributed by atoms with Crippen molar-refractivity contribution in [1.29, 1.82) is 0 Å². The van der Waals surface area contributed by atoms with E-state index in [1.165, 1.54) is 154 Å². The van der Waals surface area contributed by atoms with Crippen molar-refractivity contribution in [3.05, 3.63) is 24.3 Å². The topological polar surface area (TPSA) is 35.5 Å². The lowest BCUT2D eigenvalue weighted by Gasteiger charge is -2.20. The highest BCUT2D eigenvalue weighted by molar-refractivity contribution is 7.73. The zero-order chi connectivity index (χ0) is 34.6. The Morgan fingerprint density at radius 3 is 1.04 bits per heavy atom. The van der Waals surface area contributed by atoms with Crippen molar-refractivity contribution in [3.63, 3.8) is 0 Å². The Bertz CT molecular complexity index is 687. The van der Waals surface area contributed by atoms with E-state index >= 15 is 0 Å². The average molecular weight is 827 g/mol. The minimum atomic E-state index is -2.98. The largest absolute Gasteiger partial charge is 1.00 e. The van der Waals surface area contributed by atoms with Crippen LogP contribution in [0.4, 0.5) is 0 Å². The predicted molar refractivity (Wildman–Crippen MR) is 217 cm³/mol. The van der Waals surface area contributed by atoms with Crippen LogP contribution in [0.25, 0.3) is 0 Å². The van der Waals surface area contributed by atoms with Crippen molar-refractivity contribution in [3.8, 4) is 0 Å². The molecule has 0 aliphatic rings. The van der Waals surface area contributed by atoms with Crippen LogP contribution in [0.1, 0.15) is 200 Å². The van der Waals surface area contributed by atoms with Crippen molar-refractivity contribution in [2.75, 3.05) is 45.5 Å². The van der Waals surface area contributed by atoms with Gasteiger partial charge >= 0.3 is 7.60 Å². The highest BCUT2D eigenvalue weighted by atomic mass is 127. The van der Waals surface area contributed by atoms with Gasteiger partial charge in [0, 0.05) is 27.3 Å². The average Bonchev–Trinajstić information content (AvgIpc) is 3.03. The molecule has 0 unspecified atom stereocenters. The van der Waals surface area contributed by atoms with Crippen molar-refractivity contribution >= 4 is 14.9 Å². The molecular formula is C42H85IO3P2. The van der Waals surface area contributed by atoms with Gasteiger partial charge in [0.25, 0.3) is 0 Å². The molecule has 0 fully saturated rings. The van der Waals surface area contributed by atoms with E-state index in [0.29, 0.717) is 19.4 Å². The van der Waals surface area contributed by atoms with Crippen LogP contribution in [0, 0.1) is 0 Å². The van der Waals surface area contributed by atoms with Gasteiger partial charge in [0.05, 0.1) is 25.5 Å². The lowest BCUT2D eigenvalue weighted by atomic mass is 10.1. The number of unbranched alkanes of at least 4 members (excludes halogenated alkanes) is 24. The standard InChI is InChI=1S/C42H85O3P2.HI/c1-6-8-10-12-14-16-18-20-22-24-26-28-30-32-34-36-39-44-47(43,42-38-41-46(3,4)5)45-40-37-35-33-31-29-27-25-23-21-19-17-15-13-11-9-7-2;/h20-23H,6-19,24-42H2,1-5H3;1H/q+1;/p-1/b22-20-,23-21-;. The van der Waals surface area contributed by atoms with E-state index in [1.807, 2.05) is 0 Å². The second-order valence-electron chi connectivity index (χ2n) is 15.2. The summed E-state index contributed by atoms with van der Waals surface area (Å²) in [5, 5.41) is 0. The van der Waals surface area contributed by atoms with Gasteiger partial charge in [-0.3, -0.25) is 4.57 Å². The highest BCUT2D eigenvalue weighted by Gasteiger charge is 2.26. The summed E-state index contributed by atoms with van der Waals surface area (Å²) in [4.78, 5) is 0.